The molecule has 0 saturated carbocycles. The topological polar surface area (TPSA) is 64.3 Å². The molecule has 0 bridgehead atoms. The van der Waals surface area contributed by atoms with Gasteiger partial charge >= 0.3 is 0 Å². The monoisotopic (exact) mass is 248 g/mol. The summed E-state index contributed by atoms with van der Waals surface area (Å²) in [5, 5.41) is 3.10. The molecule has 0 fully saturated rings. The quantitative estimate of drug-likeness (QED) is 0.801. The molecule has 0 saturated heterocycles. The first kappa shape index (κ1) is 11.9. The van der Waals surface area contributed by atoms with Crippen LogP contribution in [-0.2, 0) is 4.79 Å². The van der Waals surface area contributed by atoms with E-state index >= 15 is 0 Å². The summed E-state index contributed by atoms with van der Waals surface area (Å²) in [5.74, 6) is 0.0912. The van der Waals surface area contributed by atoms with Crippen LogP contribution in [0.2, 0.25) is 10.0 Å². The number of hydrogen-bond donors (Lipinski definition) is 2. The molecule has 0 heterocycles. The van der Waals surface area contributed by atoms with Crippen molar-refractivity contribution in [2.24, 2.45) is 0 Å². The molecular weight excluding hydrogens is 239 g/mol. The molecule has 1 rings (SSSR count). The lowest BCUT2D eigenvalue weighted by Crippen LogP contribution is -2.25. The fourth-order valence-electron chi connectivity index (χ4n) is 0.884. The number of benzene rings is 1. The van der Waals surface area contributed by atoms with E-state index in [1.54, 1.807) is 0 Å². The number of anilines is 1. The van der Waals surface area contributed by atoms with Gasteiger partial charge in [0.15, 0.2) is 6.61 Å². The van der Waals surface area contributed by atoms with Gasteiger partial charge in [0.25, 0.3) is 5.91 Å². The zero-order valence-electron chi connectivity index (χ0n) is 8.01. The third-order valence-corrected chi connectivity index (χ3v) is 2.41. The van der Waals surface area contributed by atoms with Crippen molar-refractivity contribution in [3.8, 4) is 5.75 Å². The van der Waals surface area contributed by atoms with Crippen LogP contribution in [0.1, 0.15) is 0 Å². The second kappa shape index (κ2) is 5.09. The zero-order valence-corrected chi connectivity index (χ0v) is 9.52. The SMILES string of the molecule is CNC(=O)COc1cc(Cl)c(Cl)cc1N. The second-order valence-electron chi connectivity index (χ2n) is 2.77. The van der Waals surface area contributed by atoms with Crippen LogP contribution in [0.5, 0.6) is 5.75 Å². The normalized spacial score (nSPS) is 9.80. The van der Waals surface area contributed by atoms with E-state index in [0.29, 0.717) is 21.5 Å². The molecule has 0 aromatic heterocycles. The smallest absolute Gasteiger partial charge is 0.257 e. The number of carbonyl (C=O) groups excluding carboxylic acids is 1. The molecule has 0 aliphatic rings. The van der Waals surface area contributed by atoms with Crippen LogP contribution >= 0.6 is 23.2 Å². The van der Waals surface area contributed by atoms with Gasteiger partial charge in [-0.2, -0.15) is 0 Å². The Morgan fingerprint density at radius 2 is 2.07 bits per heavy atom. The number of carbonyl (C=O) groups is 1. The highest BCUT2D eigenvalue weighted by molar-refractivity contribution is 6.42. The summed E-state index contributed by atoms with van der Waals surface area (Å²) in [5.41, 5.74) is 5.96. The Morgan fingerprint density at radius 3 is 2.67 bits per heavy atom. The molecule has 0 aliphatic heterocycles. The Bertz CT molecular complexity index is 383. The van der Waals surface area contributed by atoms with E-state index in [1.807, 2.05) is 0 Å². The molecule has 0 spiro atoms. The molecule has 0 aliphatic carbocycles. The average Bonchev–Trinajstić information content (AvgIpc) is 2.21. The van der Waals surface area contributed by atoms with Gasteiger partial charge in [-0.1, -0.05) is 23.2 Å². The number of halogens is 2. The predicted octanol–water partition coefficient (Wildman–Crippen LogP) is 1.70. The lowest BCUT2D eigenvalue weighted by molar-refractivity contribution is -0.122. The summed E-state index contributed by atoms with van der Waals surface area (Å²) in [6.07, 6.45) is 0. The fourth-order valence-corrected chi connectivity index (χ4v) is 1.21. The summed E-state index contributed by atoms with van der Waals surface area (Å²) in [4.78, 5) is 10.9. The van der Waals surface area contributed by atoms with Gasteiger partial charge in [0.2, 0.25) is 0 Å². The number of hydrogen-bond acceptors (Lipinski definition) is 3. The summed E-state index contributed by atoms with van der Waals surface area (Å²) in [6, 6.07) is 2.95. The van der Waals surface area contributed by atoms with Crippen molar-refractivity contribution in [1.82, 2.24) is 5.32 Å². The average molecular weight is 249 g/mol. The Morgan fingerprint density at radius 1 is 1.47 bits per heavy atom. The number of nitrogens with one attached hydrogen (secondary N) is 1. The minimum atomic E-state index is -0.250. The molecule has 0 radical (unpaired) electrons. The van der Waals surface area contributed by atoms with E-state index in [1.165, 1.54) is 19.2 Å². The van der Waals surface area contributed by atoms with Crippen molar-refractivity contribution in [2.75, 3.05) is 19.4 Å². The van der Waals surface area contributed by atoms with Crippen molar-refractivity contribution in [3.63, 3.8) is 0 Å². The van der Waals surface area contributed by atoms with Gasteiger partial charge in [0, 0.05) is 13.1 Å². The van der Waals surface area contributed by atoms with E-state index in [9.17, 15) is 4.79 Å². The summed E-state index contributed by atoms with van der Waals surface area (Å²) in [6.45, 7) is -0.112. The van der Waals surface area contributed by atoms with E-state index in [2.05, 4.69) is 5.32 Å². The number of nitrogens with two attached hydrogens (primary N) is 1. The maximum atomic E-state index is 10.9. The van der Waals surface area contributed by atoms with Crippen molar-refractivity contribution in [3.05, 3.63) is 22.2 Å². The second-order valence-corrected chi connectivity index (χ2v) is 3.58. The Kier molecular flexibility index (Phi) is 4.05. The molecule has 1 aromatic rings. The minimum absolute atomic E-state index is 0.112. The standard InChI is InChI=1S/C9H10Cl2N2O2/c1-13-9(14)4-15-8-3-6(11)5(10)2-7(8)12/h2-3H,4,12H2,1H3,(H,13,14). The van der Waals surface area contributed by atoms with Crippen LogP contribution in [0, 0.1) is 0 Å². The Hall–Kier alpha value is -1.13. The number of rotatable bonds is 3. The van der Waals surface area contributed by atoms with Gasteiger partial charge in [-0.3, -0.25) is 4.79 Å². The third kappa shape index (κ3) is 3.18. The first-order chi connectivity index (χ1) is 7.04. The lowest BCUT2D eigenvalue weighted by Gasteiger charge is -2.09. The maximum absolute atomic E-state index is 10.9. The molecule has 0 atom stereocenters. The molecule has 82 valence electrons. The molecule has 3 N–H and O–H groups in total. The van der Waals surface area contributed by atoms with Gasteiger partial charge in [0.1, 0.15) is 5.75 Å². The highest BCUT2D eigenvalue weighted by atomic mass is 35.5. The molecule has 6 heteroatoms. The highest BCUT2D eigenvalue weighted by Gasteiger charge is 2.07. The zero-order chi connectivity index (χ0) is 11.4. The Balaban J connectivity index is 2.77. The Labute approximate surface area is 97.3 Å². The van der Waals surface area contributed by atoms with Crippen LogP contribution < -0.4 is 15.8 Å². The molecule has 15 heavy (non-hydrogen) atoms. The number of amides is 1. The third-order valence-electron chi connectivity index (χ3n) is 1.69. The summed E-state index contributed by atoms with van der Waals surface area (Å²) in [7, 11) is 1.52. The van der Waals surface area contributed by atoms with Gasteiger partial charge in [0.05, 0.1) is 15.7 Å². The fraction of sp³-hybridized carbons (Fsp3) is 0.222. The van der Waals surface area contributed by atoms with Crippen LogP contribution in [0.25, 0.3) is 0 Å². The van der Waals surface area contributed by atoms with Crippen LogP contribution in [-0.4, -0.2) is 19.6 Å². The summed E-state index contributed by atoms with van der Waals surface area (Å²) < 4.78 is 5.15. The van der Waals surface area contributed by atoms with Crippen LogP contribution in [0.3, 0.4) is 0 Å². The first-order valence-corrected chi connectivity index (χ1v) is 4.88. The van der Waals surface area contributed by atoms with E-state index in [-0.39, 0.29) is 12.5 Å². The van der Waals surface area contributed by atoms with Crippen molar-refractivity contribution < 1.29 is 9.53 Å². The first-order valence-electron chi connectivity index (χ1n) is 4.12. The van der Waals surface area contributed by atoms with Gasteiger partial charge in [-0.15, -0.1) is 0 Å². The molecular formula is C9H10Cl2N2O2. The number of ether oxygens (including phenoxy) is 1. The van der Waals surface area contributed by atoms with E-state index < -0.39 is 0 Å². The van der Waals surface area contributed by atoms with Crippen molar-refractivity contribution in [1.29, 1.82) is 0 Å². The lowest BCUT2D eigenvalue weighted by atomic mass is 10.3. The van der Waals surface area contributed by atoms with E-state index in [0.717, 1.165) is 0 Å². The predicted molar refractivity (Wildman–Crippen MR) is 60.4 cm³/mol. The number of likely N-dealkylation sites (N-methyl/N-ethyl adjacent to an activating group) is 1. The minimum Gasteiger partial charge on any atom is -0.482 e. The molecule has 1 aromatic carbocycles. The van der Waals surface area contributed by atoms with Crippen molar-refractivity contribution in [2.45, 2.75) is 0 Å². The molecule has 4 nitrogen and oxygen atoms in total. The van der Waals surface area contributed by atoms with Crippen LogP contribution in [0.15, 0.2) is 12.1 Å². The molecule has 1 amide bonds. The molecule has 0 unspecified atom stereocenters. The number of nitrogen functional groups attached to an aromatic ring is 1. The maximum Gasteiger partial charge on any atom is 0.257 e. The summed E-state index contributed by atoms with van der Waals surface area (Å²) >= 11 is 11.5. The largest absolute Gasteiger partial charge is 0.482 e. The van der Waals surface area contributed by atoms with Gasteiger partial charge < -0.3 is 15.8 Å². The van der Waals surface area contributed by atoms with Gasteiger partial charge in [-0.05, 0) is 6.07 Å². The highest BCUT2D eigenvalue weighted by Crippen LogP contribution is 2.32. The van der Waals surface area contributed by atoms with E-state index in [4.69, 9.17) is 33.7 Å². The van der Waals surface area contributed by atoms with Crippen LogP contribution in [0.4, 0.5) is 5.69 Å². The van der Waals surface area contributed by atoms with Gasteiger partial charge in [-0.25, -0.2) is 0 Å². The van der Waals surface area contributed by atoms with Crippen molar-refractivity contribution >= 4 is 34.8 Å².